The van der Waals surface area contributed by atoms with Crippen LogP contribution in [0.3, 0.4) is 0 Å². The molecule has 2 aromatic rings. The summed E-state index contributed by atoms with van der Waals surface area (Å²) in [4.78, 5) is 8.35. The van der Waals surface area contributed by atoms with Crippen LogP contribution < -0.4 is 10.6 Å². The molecule has 2 aromatic heterocycles. The lowest BCUT2D eigenvalue weighted by atomic mass is 10.3. The van der Waals surface area contributed by atoms with Crippen molar-refractivity contribution in [3.63, 3.8) is 0 Å². The second-order valence-corrected chi connectivity index (χ2v) is 3.90. The van der Waals surface area contributed by atoms with Gasteiger partial charge in [-0.15, -0.1) is 0 Å². The van der Waals surface area contributed by atoms with Gasteiger partial charge in [0.25, 0.3) is 0 Å². The van der Waals surface area contributed by atoms with Gasteiger partial charge in [0, 0.05) is 13.6 Å². The molecule has 0 aromatic carbocycles. The molecule has 0 bridgehead atoms. The van der Waals surface area contributed by atoms with Crippen molar-refractivity contribution in [1.29, 1.82) is 5.26 Å². The summed E-state index contributed by atoms with van der Waals surface area (Å²) in [5, 5.41) is 19.1. The molecule has 0 spiro atoms. The molecule has 0 aliphatic carbocycles. The van der Waals surface area contributed by atoms with Crippen LogP contribution in [0.25, 0.3) is 0 Å². The smallest absolute Gasteiger partial charge is 0.229 e. The van der Waals surface area contributed by atoms with Gasteiger partial charge in [-0.25, -0.2) is 4.98 Å². The largest absolute Gasteiger partial charge is 0.372 e. The van der Waals surface area contributed by atoms with Gasteiger partial charge in [0.05, 0.1) is 23.8 Å². The lowest BCUT2D eigenvalue weighted by Gasteiger charge is -2.07. The van der Waals surface area contributed by atoms with Crippen molar-refractivity contribution < 1.29 is 0 Å². The second-order valence-electron chi connectivity index (χ2n) is 3.90. The van der Waals surface area contributed by atoms with E-state index in [4.69, 9.17) is 5.26 Å². The van der Waals surface area contributed by atoms with Crippen molar-refractivity contribution in [2.45, 2.75) is 20.4 Å². The van der Waals surface area contributed by atoms with Crippen LogP contribution in [0.2, 0.25) is 0 Å². The van der Waals surface area contributed by atoms with Gasteiger partial charge in [0.1, 0.15) is 17.5 Å². The van der Waals surface area contributed by atoms with Crippen molar-refractivity contribution in [1.82, 2.24) is 19.7 Å². The first-order valence-electron chi connectivity index (χ1n) is 5.94. The summed E-state index contributed by atoms with van der Waals surface area (Å²) in [6.07, 6.45) is 3.22. The van der Waals surface area contributed by atoms with Gasteiger partial charge in [-0.05, 0) is 13.8 Å². The SMILES string of the molecule is CCn1ncc(Nc2ncc(C#N)c(NC)n2)c1C. The van der Waals surface area contributed by atoms with Crippen LogP contribution in [0.15, 0.2) is 12.4 Å². The number of aryl methyl sites for hydroxylation is 1. The summed E-state index contributed by atoms with van der Waals surface area (Å²) in [5.41, 5.74) is 2.28. The van der Waals surface area contributed by atoms with Crippen LogP contribution in [0, 0.1) is 18.3 Å². The molecule has 0 saturated carbocycles. The van der Waals surface area contributed by atoms with Gasteiger partial charge in [-0.2, -0.15) is 15.3 Å². The Morgan fingerprint density at radius 1 is 1.42 bits per heavy atom. The molecular formula is C12H15N7. The minimum atomic E-state index is 0.411. The fourth-order valence-corrected chi connectivity index (χ4v) is 1.72. The quantitative estimate of drug-likeness (QED) is 0.865. The molecule has 19 heavy (non-hydrogen) atoms. The van der Waals surface area contributed by atoms with Crippen molar-refractivity contribution in [2.24, 2.45) is 0 Å². The normalized spacial score (nSPS) is 10.0. The molecule has 0 unspecified atom stereocenters. The first-order valence-corrected chi connectivity index (χ1v) is 5.94. The highest BCUT2D eigenvalue weighted by molar-refractivity contribution is 5.59. The number of nitrogens with one attached hydrogen (secondary N) is 2. The average molecular weight is 257 g/mol. The third-order valence-corrected chi connectivity index (χ3v) is 2.80. The first-order chi connectivity index (χ1) is 9.19. The van der Waals surface area contributed by atoms with Crippen molar-refractivity contribution in [3.8, 4) is 6.07 Å². The summed E-state index contributed by atoms with van der Waals surface area (Å²) < 4.78 is 1.88. The van der Waals surface area contributed by atoms with Crippen molar-refractivity contribution in [2.75, 3.05) is 17.7 Å². The molecule has 0 aliphatic rings. The van der Waals surface area contributed by atoms with E-state index in [1.807, 2.05) is 24.6 Å². The van der Waals surface area contributed by atoms with Crippen LogP contribution in [-0.4, -0.2) is 26.8 Å². The standard InChI is InChI=1S/C12H15N7/c1-4-19-8(2)10(7-16-19)17-12-15-6-9(5-13)11(14-3)18-12/h6-7H,4H2,1-3H3,(H2,14,15,17,18). The zero-order valence-corrected chi connectivity index (χ0v) is 11.1. The average Bonchev–Trinajstić information content (AvgIpc) is 2.79. The third-order valence-electron chi connectivity index (χ3n) is 2.80. The van der Waals surface area contributed by atoms with Gasteiger partial charge in [0.15, 0.2) is 0 Å². The molecule has 7 heteroatoms. The van der Waals surface area contributed by atoms with E-state index in [-0.39, 0.29) is 0 Å². The Kier molecular flexibility index (Phi) is 3.61. The van der Waals surface area contributed by atoms with Crippen molar-refractivity contribution >= 4 is 17.5 Å². The van der Waals surface area contributed by atoms with E-state index >= 15 is 0 Å². The molecule has 7 nitrogen and oxygen atoms in total. The summed E-state index contributed by atoms with van der Waals surface area (Å²) in [6.45, 7) is 4.81. The van der Waals surface area contributed by atoms with Gasteiger partial charge in [-0.3, -0.25) is 4.68 Å². The highest BCUT2D eigenvalue weighted by Crippen LogP contribution is 2.19. The van der Waals surface area contributed by atoms with Gasteiger partial charge in [0.2, 0.25) is 5.95 Å². The Bertz CT molecular complexity index is 623. The second kappa shape index (κ2) is 5.35. The molecular weight excluding hydrogens is 242 g/mol. The predicted octanol–water partition coefficient (Wildman–Crippen LogP) is 1.66. The summed E-state index contributed by atoms with van der Waals surface area (Å²) >= 11 is 0. The third kappa shape index (κ3) is 2.47. The zero-order valence-electron chi connectivity index (χ0n) is 11.1. The van der Waals surface area contributed by atoms with E-state index in [0.717, 1.165) is 17.9 Å². The number of hydrogen-bond acceptors (Lipinski definition) is 6. The van der Waals surface area contributed by atoms with Crippen LogP contribution in [-0.2, 0) is 6.54 Å². The van der Waals surface area contributed by atoms with E-state index in [2.05, 4.69) is 25.7 Å². The molecule has 0 amide bonds. The highest BCUT2D eigenvalue weighted by Gasteiger charge is 2.09. The number of aromatic nitrogens is 4. The maximum Gasteiger partial charge on any atom is 0.229 e. The molecule has 2 N–H and O–H groups in total. The Hall–Kier alpha value is -2.62. The fraction of sp³-hybridized carbons (Fsp3) is 0.333. The zero-order chi connectivity index (χ0) is 13.8. The topological polar surface area (TPSA) is 91.5 Å². The summed E-state index contributed by atoms with van der Waals surface area (Å²) in [6, 6.07) is 2.03. The Labute approximate surface area is 111 Å². The monoisotopic (exact) mass is 257 g/mol. The predicted molar refractivity (Wildman–Crippen MR) is 72.2 cm³/mol. The van der Waals surface area contributed by atoms with Gasteiger partial charge >= 0.3 is 0 Å². The molecule has 0 aliphatic heterocycles. The Morgan fingerprint density at radius 2 is 2.21 bits per heavy atom. The maximum absolute atomic E-state index is 8.91. The number of rotatable bonds is 4. The van der Waals surface area contributed by atoms with Crippen LogP contribution in [0.1, 0.15) is 18.2 Å². The summed E-state index contributed by atoms with van der Waals surface area (Å²) in [7, 11) is 1.72. The molecule has 0 saturated heterocycles. The number of nitrogens with zero attached hydrogens (tertiary/aromatic N) is 5. The van der Waals surface area contributed by atoms with Crippen LogP contribution in [0.4, 0.5) is 17.5 Å². The number of hydrogen-bond donors (Lipinski definition) is 2. The summed E-state index contributed by atoms with van der Waals surface area (Å²) in [5.74, 6) is 0.933. The highest BCUT2D eigenvalue weighted by atomic mass is 15.3. The van der Waals surface area contributed by atoms with Gasteiger partial charge in [-0.1, -0.05) is 0 Å². The van der Waals surface area contributed by atoms with E-state index < -0.39 is 0 Å². The molecule has 2 rings (SSSR count). The molecule has 0 fully saturated rings. The molecule has 98 valence electrons. The van der Waals surface area contributed by atoms with Crippen LogP contribution in [0.5, 0.6) is 0 Å². The lowest BCUT2D eigenvalue weighted by molar-refractivity contribution is 0.640. The van der Waals surface area contributed by atoms with E-state index in [1.165, 1.54) is 6.20 Å². The minimum absolute atomic E-state index is 0.411. The van der Waals surface area contributed by atoms with Crippen molar-refractivity contribution in [3.05, 3.63) is 23.7 Å². The van der Waals surface area contributed by atoms with E-state index in [9.17, 15) is 0 Å². The lowest BCUT2D eigenvalue weighted by Crippen LogP contribution is -2.04. The first kappa shape index (κ1) is 12.8. The maximum atomic E-state index is 8.91. The van der Waals surface area contributed by atoms with Crippen LogP contribution >= 0.6 is 0 Å². The minimum Gasteiger partial charge on any atom is -0.372 e. The van der Waals surface area contributed by atoms with E-state index in [1.54, 1.807) is 13.2 Å². The number of nitriles is 1. The Morgan fingerprint density at radius 3 is 2.79 bits per heavy atom. The van der Waals surface area contributed by atoms with Gasteiger partial charge < -0.3 is 10.6 Å². The fourth-order valence-electron chi connectivity index (χ4n) is 1.72. The van der Waals surface area contributed by atoms with E-state index in [0.29, 0.717) is 17.3 Å². The Balaban J connectivity index is 2.28. The molecule has 0 radical (unpaired) electrons. The number of anilines is 3. The molecule has 2 heterocycles. The molecule has 0 atom stereocenters.